The number of fused-ring (bicyclic) bond motifs is 1. The van der Waals surface area contributed by atoms with Crippen molar-refractivity contribution in [2.24, 2.45) is 0 Å². The molecular formula is C20H14ClN3O2. The van der Waals surface area contributed by atoms with Gasteiger partial charge in [0.05, 0.1) is 12.6 Å². The Morgan fingerprint density at radius 2 is 1.81 bits per heavy atom. The fourth-order valence-electron chi connectivity index (χ4n) is 2.59. The molecule has 2 heterocycles. The fraction of sp³-hybridized carbons (Fsp3) is 0.0500. The highest BCUT2D eigenvalue weighted by Crippen LogP contribution is 2.24. The molecule has 0 aliphatic heterocycles. The van der Waals surface area contributed by atoms with Gasteiger partial charge in [-0.15, -0.1) is 0 Å². The fourth-order valence-corrected chi connectivity index (χ4v) is 2.72. The molecule has 0 atom stereocenters. The summed E-state index contributed by atoms with van der Waals surface area (Å²) in [7, 11) is 0. The minimum absolute atomic E-state index is 0.0898. The molecule has 0 bridgehead atoms. The van der Waals surface area contributed by atoms with E-state index in [4.69, 9.17) is 16.0 Å². The van der Waals surface area contributed by atoms with E-state index in [0.29, 0.717) is 27.7 Å². The maximum absolute atomic E-state index is 12.2. The van der Waals surface area contributed by atoms with Crippen molar-refractivity contribution < 1.29 is 9.21 Å². The Labute approximate surface area is 154 Å². The molecule has 0 saturated carbocycles. The maximum atomic E-state index is 12.2. The van der Waals surface area contributed by atoms with Crippen LogP contribution in [-0.2, 0) is 11.2 Å². The van der Waals surface area contributed by atoms with Crippen molar-refractivity contribution in [3.05, 3.63) is 77.6 Å². The molecule has 0 spiro atoms. The second kappa shape index (κ2) is 6.98. The van der Waals surface area contributed by atoms with Crippen molar-refractivity contribution >= 4 is 34.3 Å². The van der Waals surface area contributed by atoms with Gasteiger partial charge in [-0.1, -0.05) is 23.7 Å². The summed E-state index contributed by atoms with van der Waals surface area (Å²) in [4.78, 5) is 20.6. The zero-order valence-corrected chi connectivity index (χ0v) is 14.4. The van der Waals surface area contributed by atoms with Gasteiger partial charge in [0.15, 0.2) is 5.58 Å². The summed E-state index contributed by atoms with van der Waals surface area (Å²) < 4.78 is 5.71. The first kappa shape index (κ1) is 16.3. The molecule has 4 rings (SSSR count). The van der Waals surface area contributed by atoms with Crippen LogP contribution in [0.2, 0.25) is 5.02 Å². The number of nitrogens with zero attached hydrogens (tertiary/aromatic N) is 2. The molecule has 5 nitrogen and oxygen atoms in total. The lowest BCUT2D eigenvalue weighted by Gasteiger charge is -2.06. The lowest BCUT2D eigenvalue weighted by atomic mass is 10.1. The van der Waals surface area contributed by atoms with Crippen LogP contribution >= 0.6 is 11.6 Å². The van der Waals surface area contributed by atoms with Gasteiger partial charge in [-0.25, -0.2) is 4.98 Å². The number of anilines is 1. The van der Waals surface area contributed by atoms with Gasteiger partial charge >= 0.3 is 0 Å². The molecule has 0 radical (unpaired) electrons. The summed E-state index contributed by atoms with van der Waals surface area (Å²) in [5.74, 6) is 0.431. The lowest BCUT2D eigenvalue weighted by molar-refractivity contribution is -0.115. The van der Waals surface area contributed by atoms with Gasteiger partial charge in [-0.3, -0.25) is 9.78 Å². The summed E-state index contributed by atoms with van der Waals surface area (Å²) in [5, 5.41) is 3.53. The number of hydrogen-bond acceptors (Lipinski definition) is 4. The molecule has 1 N–H and O–H groups in total. The van der Waals surface area contributed by atoms with E-state index < -0.39 is 0 Å². The van der Waals surface area contributed by atoms with E-state index >= 15 is 0 Å². The van der Waals surface area contributed by atoms with Gasteiger partial charge in [0, 0.05) is 28.5 Å². The van der Waals surface area contributed by atoms with E-state index in [-0.39, 0.29) is 12.3 Å². The normalized spacial score (nSPS) is 10.8. The second-order valence-corrected chi connectivity index (χ2v) is 6.23. The summed E-state index contributed by atoms with van der Waals surface area (Å²) in [5.41, 5.74) is 3.85. The molecule has 0 aliphatic rings. The minimum Gasteiger partial charge on any atom is -0.436 e. The molecule has 128 valence electrons. The Morgan fingerprint density at radius 3 is 2.54 bits per heavy atom. The zero-order valence-electron chi connectivity index (χ0n) is 13.6. The molecule has 6 heteroatoms. The number of rotatable bonds is 4. The lowest BCUT2D eigenvalue weighted by Crippen LogP contribution is -2.14. The van der Waals surface area contributed by atoms with Crippen LogP contribution in [0.3, 0.4) is 0 Å². The van der Waals surface area contributed by atoms with Gasteiger partial charge in [0.1, 0.15) is 5.52 Å². The Kier molecular flexibility index (Phi) is 4.37. The van der Waals surface area contributed by atoms with E-state index in [1.165, 1.54) is 0 Å². The van der Waals surface area contributed by atoms with E-state index in [0.717, 1.165) is 11.1 Å². The highest BCUT2D eigenvalue weighted by Gasteiger charge is 2.09. The van der Waals surface area contributed by atoms with Crippen LogP contribution in [0.15, 0.2) is 71.4 Å². The van der Waals surface area contributed by atoms with E-state index in [2.05, 4.69) is 15.3 Å². The standard InChI is InChI=1S/C20H14ClN3O2/c21-15-5-1-13(2-6-15)11-19(25)23-16-7-3-14(4-8-16)20-24-17-12-22-10-9-18(17)26-20/h1-10,12H,11H2,(H,23,25). The molecule has 1 amide bonds. The Morgan fingerprint density at radius 1 is 1.04 bits per heavy atom. The van der Waals surface area contributed by atoms with Crippen LogP contribution in [0.1, 0.15) is 5.56 Å². The number of hydrogen-bond donors (Lipinski definition) is 1. The molecule has 26 heavy (non-hydrogen) atoms. The molecule has 0 aliphatic carbocycles. The number of pyridine rings is 1. The number of aromatic nitrogens is 2. The number of carbonyl (C=O) groups is 1. The first-order chi connectivity index (χ1) is 12.7. The topological polar surface area (TPSA) is 68.0 Å². The minimum atomic E-state index is -0.0898. The maximum Gasteiger partial charge on any atom is 0.228 e. The first-order valence-corrected chi connectivity index (χ1v) is 8.40. The van der Waals surface area contributed by atoms with E-state index in [1.807, 2.05) is 36.4 Å². The Bertz CT molecular complexity index is 1020. The van der Waals surface area contributed by atoms with Crippen LogP contribution in [0.5, 0.6) is 0 Å². The monoisotopic (exact) mass is 363 g/mol. The number of oxazole rings is 1. The van der Waals surface area contributed by atoms with Crippen LogP contribution in [-0.4, -0.2) is 15.9 Å². The van der Waals surface area contributed by atoms with Gasteiger partial charge in [-0.2, -0.15) is 0 Å². The van der Waals surface area contributed by atoms with Crippen molar-refractivity contribution in [1.29, 1.82) is 0 Å². The van der Waals surface area contributed by atoms with Gasteiger partial charge in [0.2, 0.25) is 11.8 Å². The zero-order chi connectivity index (χ0) is 17.9. The summed E-state index contributed by atoms with van der Waals surface area (Å²) in [6.07, 6.45) is 3.61. The summed E-state index contributed by atoms with van der Waals surface area (Å²) >= 11 is 5.85. The quantitative estimate of drug-likeness (QED) is 0.569. The average molecular weight is 364 g/mol. The van der Waals surface area contributed by atoms with Crippen molar-refractivity contribution in [3.63, 3.8) is 0 Å². The highest BCUT2D eigenvalue weighted by atomic mass is 35.5. The SMILES string of the molecule is O=C(Cc1ccc(Cl)cc1)Nc1ccc(-c2nc3cnccc3o2)cc1. The first-order valence-electron chi connectivity index (χ1n) is 8.03. The predicted molar refractivity (Wildman–Crippen MR) is 101 cm³/mol. The highest BCUT2D eigenvalue weighted by molar-refractivity contribution is 6.30. The van der Waals surface area contributed by atoms with Crippen molar-refractivity contribution in [2.75, 3.05) is 5.32 Å². The molecule has 0 fully saturated rings. The van der Waals surface area contributed by atoms with Crippen LogP contribution in [0.25, 0.3) is 22.6 Å². The number of carbonyl (C=O) groups excluding carboxylic acids is 1. The number of nitrogens with one attached hydrogen (secondary N) is 1. The Balaban J connectivity index is 1.45. The third kappa shape index (κ3) is 3.58. The number of benzene rings is 2. The van der Waals surface area contributed by atoms with Crippen LogP contribution in [0.4, 0.5) is 5.69 Å². The number of halogens is 1. The second-order valence-electron chi connectivity index (χ2n) is 5.79. The van der Waals surface area contributed by atoms with Crippen molar-refractivity contribution in [1.82, 2.24) is 9.97 Å². The smallest absolute Gasteiger partial charge is 0.228 e. The molecular weight excluding hydrogens is 350 g/mol. The number of amides is 1. The van der Waals surface area contributed by atoms with E-state index in [9.17, 15) is 4.79 Å². The van der Waals surface area contributed by atoms with Crippen LogP contribution < -0.4 is 5.32 Å². The third-order valence-electron chi connectivity index (χ3n) is 3.88. The largest absolute Gasteiger partial charge is 0.436 e. The van der Waals surface area contributed by atoms with Crippen LogP contribution in [0, 0.1) is 0 Å². The van der Waals surface area contributed by atoms with Gasteiger partial charge in [-0.05, 0) is 42.0 Å². The Hall–Kier alpha value is -3.18. The molecule has 2 aromatic heterocycles. The summed E-state index contributed by atoms with van der Waals surface area (Å²) in [6.45, 7) is 0. The predicted octanol–water partition coefficient (Wildman–Crippen LogP) is 4.72. The van der Waals surface area contributed by atoms with Gasteiger partial charge < -0.3 is 9.73 Å². The molecule has 0 unspecified atom stereocenters. The van der Waals surface area contributed by atoms with Crippen molar-refractivity contribution in [2.45, 2.75) is 6.42 Å². The molecule has 2 aromatic carbocycles. The summed E-state index contributed by atoms with van der Waals surface area (Å²) in [6, 6.07) is 16.4. The van der Waals surface area contributed by atoms with Crippen molar-refractivity contribution in [3.8, 4) is 11.5 Å². The van der Waals surface area contributed by atoms with Gasteiger partial charge in [0.25, 0.3) is 0 Å². The van der Waals surface area contributed by atoms with E-state index in [1.54, 1.807) is 30.6 Å². The average Bonchev–Trinajstić information content (AvgIpc) is 3.08. The molecule has 4 aromatic rings. The third-order valence-corrected chi connectivity index (χ3v) is 4.14. The molecule has 0 saturated heterocycles.